The summed E-state index contributed by atoms with van der Waals surface area (Å²) >= 11 is 0. The van der Waals surface area contributed by atoms with Crippen LogP contribution < -0.4 is 15.4 Å². The first-order valence-corrected chi connectivity index (χ1v) is 9.31. The Morgan fingerprint density at radius 1 is 1.26 bits per heavy atom. The van der Waals surface area contributed by atoms with Gasteiger partial charge in [-0.05, 0) is 45.2 Å². The van der Waals surface area contributed by atoms with Gasteiger partial charge in [0.1, 0.15) is 12.6 Å². The number of guanidine groups is 1. The molecule has 6 nitrogen and oxygen atoms in total. The van der Waals surface area contributed by atoms with Crippen molar-refractivity contribution in [2.24, 2.45) is 4.99 Å². The van der Waals surface area contributed by atoms with Crippen LogP contribution in [0.4, 0.5) is 4.39 Å². The Morgan fingerprint density at radius 2 is 1.96 bits per heavy atom. The van der Waals surface area contributed by atoms with Crippen LogP contribution in [0.25, 0.3) is 0 Å². The Labute approximate surface area is 178 Å². The molecule has 2 N–H and O–H groups in total. The number of halogens is 2. The van der Waals surface area contributed by atoms with Crippen molar-refractivity contribution in [2.45, 2.75) is 39.2 Å². The lowest BCUT2D eigenvalue weighted by atomic mass is 10.1. The Kier molecular flexibility index (Phi) is 11.1. The summed E-state index contributed by atoms with van der Waals surface area (Å²) in [6.07, 6.45) is 3.07. The zero-order chi connectivity index (χ0) is 18.8. The zero-order valence-corrected chi connectivity index (χ0v) is 18.4. The predicted molar refractivity (Wildman–Crippen MR) is 116 cm³/mol. The molecule has 1 amide bonds. The van der Waals surface area contributed by atoms with Gasteiger partial charge in [0.05, 0.1) is 6.54 Å². The molecule has 1 aromatic rings. The molecule has 1 unspecified atom stereocenters. The maximum absolute atomic E-state index is 13.6. The molecule has 1 fully saturated rings. The molecule has 1 atom stereocenters. The van der Waals surface area contributed by atoms with Gasteiger partial charge in [-0.2, -0.15) is 0 Å². The number of hydrogen-bond donors (Lipinski definition) is 2. The third kappa shape index (κ3) is 8.32. The number of benzene rings is 1. The largest absolute Gasteiger partial charge is 0.486 e. The number of hydrogen-bond acceptors (Lipinski definition) is 3. The van der Waals surface area contributed by atoms with E-state index in [1.54, 1.807) is 18.2 Å². The second kappa shape index (κ2) is 12.7. The summed E-state index contributed by atoms with van der Waals surface area (Å²) in [5, 5.41) is 6.25. The van der Waals surface area contributed by atoms with Crippen LogP contribution in [0.3, 0.4) is 0 Å². The van der Waals surface area contributed by atoms with E-state index in [9.17, 15) is 9.18 Å². The van der Waals surface area contributed by atoms with Gasteiger partial charge in [0.25, 0.3) is 0 Å². The van der Waals surface area contributed by atoms with Crippen molar-refractivity contribution in [2.75, 3.05) is 32.7 Å². The number of piperidine rings is 1. The van der Waals surface area contributed by atoms with Crippen molar-refractivity contribution in [3.05, 3.63) is 30.1 Å². The number of ether oxygens (including phenoxy) is 1. The van der Waals surface area contributed by atoms with Crippen LogP contribution in [0.15, 0.2) is 29.3 Å². The maximum atomic E-state index is 13.6. The fraction of sp³-hybridized carbons (Fsp3) is 0.579. The van der Waals surface area contributed by atoms with E-state index < -0.39 is 0 Å². The van der Waals surface area contributed by atoms with Crippen LogP contribution in [0.2, 0.25) is 0 Å². The van der Waals surface area contributed by atoms with Gasteiger partial charge in [-0.3, -0.25) is 4.79 Å². The molecule has 0 aromatic heterocycles. The fourth-order valence-corrected chi connectivity index (χ4v) is 2.77. The van der Waals surface area contributed by atoms with E-state index in [1.165, 1.54) is 12.5 Å². The van der Waals surface area contributed by atoms with Crippen molar-refractivity contribution in [3.63, 3.8) is 0 Å². The van der Waals surface area contributed by atoms with Gasteiger partial charge in [-0.15, -0.1) is 24.0 Å². The number of rotatable bonds is 7. The minimum atomic E-state index is -0.382. The smallest absolute Gasteiger partial charge is 0.244 e. The Hall–Kier alpha value is -1.58. The number of likely N-dealkylation sites (tertiary alicyclic amines) is 1. The molecule has 0 aliphatic carbocycles. The molecule has 1 saturated heterocycles. The molecule has 2 rings (SSSR count). The molecule has 27 heavy (non-hydrogen) atoms. The molecule has 0 bridgehead atoms. The van der Waals surface area contributed by atoms with Gasteiger partial charge >= 0.3 is 0 Å². The Balaban J connectivity index is 0.00000364. The average molecular weight is 492 g/mol. The number of carbonyl (C=O) groups is 1. The van der Waals surface area contributed by atoms with E-state index in [0.717, 1.165) is 25.9 Å². The highest BCUT2D eigenvalue weighted by Gasteiger charge is 2.16. The summed E-state index contributed by atoms with van der Waals surface area (Å²) in [5.41, 5.74) is 0. The van der Waals surface area contributed by atoms with Crippen molar-refractivity contribution in [1.29, 1.82) is 0 Å². The Bertz CT molecular complexity index is 609. The molecule has 0 saturated carbocycles. The van der Waals surface area contributed by atoms with Gasteiger partial charge in [0, 0.05) is 19.6 Å². The van der Waals surface area contributed by atoms with E-state index >= 15 is 0 Å². The molecule has 0 radical (unpaired) electrons. The van der Waals surface area contributed by atoms with E-state index in [1.807, 2.05) is 18.7 Å². The van der Waals surface area contributed by atoms with Crippen molar-refractivity contribution >= 4 is 35.8 Å². The van der Waals surface area contributed by atoms with Crippen LogP contribution in [-0.4, -0.2) is 55.6 Å². The first-order valence-electron chi connectivity index (χ1n) is 9.31. The van der Waals surface area contributed by atoms with Crippen LogP contribution in [0.5, 0.6) is 5.75 Å². The number of nitrogens with one attached hydrogen (secondary N) is 2. The van der Waals surface area contributed by atoms with Crippen LogP contribution >= 0.6 is 24.0 Å². The number of aliphatic imine (C=N–C) groups is 1. The number of para-hydroxylation sites is 1. The van der Waals surface area contributed by atoms with Gasteiger partial charge < -0.3 is 20.3 Å². The second-order valence-electron chi connectivity index (χ2n) is 6.38. The van der Waals surface area contributed by atoms with Crippen LogP contribution in [0.1, 0.15) is 33.1 Å². The van der Waals surface area contributed by atoms with Gasteiger partial charge in [0.15, 0.2) is 17.5 Å². The fourth-order valence-electron chi connectivity index (χ4n) is 2.77. The summed E-state index contributed by atoms with van der Waals surface area (Å²) in [6, 6.07) is 6.33. The van der Waals surface area contributed by atoms with Gasteiger partial charge in [-0.1, -0.05) is 12.1 Å². The number of nitrogens with zero attached hydrogens (tertiary/aromatic N) is 2. The molecule has 8 heteroatoms. The lowest BCUT2D eigenvalue weighted by molar-refractivity contribution is -0.130. The Morgan fingerprint density at radius 3 is 2.63 bits per heavy atom. The molecular formula is C19H30FIN4O2. The summed E-state index contributed by atoms with van der Waals surface area (Å²) < 4.78 is 19.2. The molecule has 1 aliphatic rings. The van der Waals surface area contributed by atoms with Crippen LogP contribution in [-0.2, 0) is 4.79 Å². The first kappa shape index (κ1) is 23.5. The van der Waals surface area contributed by atoms with Crippen molar-refractivity contribution in [1.82, 2.24) is 15.5 Å². The third-order valence-electron chi connectivity index (χ3n) is 4.15. The summed E-state index contributed by atoms with van der Waals surface area (Å²) in [5.74, 6) is 0.454. The molecule has 0 spiro atoms. The first-order chi connectivity index (χ1) is 12.6. The molecule has 152 valence electrons. The third-order valence-corrected chi connectivity index (χ3v) is 4.15. The highest BCUT2D eigenvalue weighted by molar-refractivity contribution is 14.0. The lowest BCUT2D eigenvalue weighted by Crippen LogP contribution is -2.43. The predicted octanol–water partition coefficient (Wildman–Crippen LogP) is 2.78. The topological polar surface area (TPSA) is 66.0 Å². The zero-order valence-electron chi connectivity index (χ0n) is 16.0. The van der Waals surface area contributed by atoms with E-state index in [2.05, 4.69) is 15.6 Å². The number of amides is 1. The average Bonchev–Trinajstić information content (AvgIpc) is 2.66. The summed E-state index contributed by atoms with van der Waals surface area (Å²) in [6.45, 7) is 6.71. The van der Waals surface area contributed by atoms with E-state index in [4.69, 9.17) is 4.74 Å². The highest BCUT2D eigenvalue weighted by Crippen LogP contribution is 2.16. The molecular weight excluding hydrogens is 462 g/mol. The highest BCUT2D eigenvalue weighted by atomic mass is 127. The maximum Gasteiger partial charge on any atom is 0.244 e. The lowest BCUT2D eigenvalue weighted by Gasteiger charge is -2.26. The normalized spacial score (nSPS) is 15.5. The van der Waals surface area contributed by atoms with E-state index in [0.29, 0.717) is 19.0 Å². The number of carbonyl (C=O) groups excluding carboxylic acids is 1. The molecule has 1 heterocycles. The molecule has 1 aliphatic heterocycles. The van der Waals surface area contributed by atoms with Gasteiger partial charge in [0.2, 0.25) is 5.91 Å². The van der Waals surface area contributed by atoms with Crippen molar-refractivity contribution in [3.8, 4) is 5.75 Å². The minimum absolute atomic E-state index is 0. The minimum Gasteiger partial charge on any atom is -0.486 e. The van der Waals surface area contributed by atoms with Gasteiger partial charge in [-0.25, -0.2) is 9.38 Å². The quantitative estimate of drug-likeness (QED) is 0.349. The van der Waals surface area contributed by atoms with Crippen LogP contribution in [0, 0.1) is 5.82 Å². The second-order valence-corrected chi connectivity index (χ2v) is 6.38. The standard InChI is InChI=1S/C19H29FN4O2.HI/c1-3-21-19(23-14-18(25)24-11-7-4-8-12-24)22-13-15(2)26-17-10-6-5-9-16(17)20;/h5-6,9-10,15H,3-4,7-8,11-14H2,1-2H3,(H2,21,22,23);1H. The SMILES string of the molecule is CCNC(=NCC(=O)N1CCCCC1)NCC(C)Oc1ccccc1F.I. The van der Waals surface area contributed by atoms with E-state index in [-0.39, 0.29) is 54.1 Å². The monoisotopic (exact) mass is 492 g/mol. The molecule has 1 aromatic carbocycles. The summed E-state index contributed by atoms with van der Waals surface area (Å²) in [4.78, 5) is 18.5. The van der Waals surface area contributed by atoms with Crippen molar-refractivity contribution < 1.29 is 13.9 Å². The summed E-state index contributed by atoms with van der Waals surface area (Å²) in [7, 11) is 0.